The lowest BCUT2D eigenvalue weighted by atomic mass is 9.99. The number of carbonyl (C=O) groups is 1. The molecular weight excluding hydrogens is 308 g/mol. The highest BCUT2D eigenvalue weighted by Crippen LogP contribution is 2.20. The van der Waals surface area contributed by atoms with E-state index in [0.717, 1.165) is 27.9 Å². The molecule has 2 aromatic carbocycles. The molecule has 0 aliphatic carbocycles. The van der Waals surface area contributed by atoms with Gasteiger partial charge in [-0.15, -0.1) is 0 Å². The summed E-state index contributed by atoms with van der Waals surface area (Å²) in [5, 5.41) is 8.93. The maximum atomic E-state index is 12.3. The number of nitrogens with zero attached hydrogens (tertiary/aromatic N) is 2. The van der Waals surface area contributed by atoms with Crippen LogP contribution in [0.25, 0.3) is 11.1 Å². The predicted molar refractivity (Wildman–Crippen MR) is 98.0 cm³/mol. The van der Waals surface area contributed by atoms with Crippen LogP contribution >= 0.6 is 0 Å². The molecule has 25 heavy (non-hydrogen) atoms. The molecule has 3 nitrogen and oxygen atoms in total. The Bertz CT molecular complexity index is 937. The van der Waals surface area contributed by atoms with Gasteiger partial charge in [-0.05, 0) is 53.4 Å². The molecule has 3 rings (SSSR count). The van der Waals surface area contributed by atoms with Crippen LogP contribution in [0.1, 0.15) is 22.4 Å². The maximum absolute atomic E-state index is 12.3. The van der Waals surface area contributed by atoms with E-state index < -0.39 is 0 Å². The van der Waals surface area contributed by atoms with E-state index in [1.54, 1.807) is 18.3 Å². The zero-order chi connectivity index (χ0) is 17.6. The number of nitriles is 1. The molecule has 0 aliphatic heterocycles. The molecule has 0 atom stereocenters. The summed E-state index contributed by atoms with van der Waals surface area (Å²) in [6, 6.07) is 21.4. The summed E-state index contributed by atoms with van der Waals surface area (Å²) in [7, 11) is 0. The zero-order valence-electron chi connectivity index (χ0n) is 14.1. The van der Waals surface area contributed by atoms with Crippen LogP contribution in [0, 0.1) is 18.3 Å². The van der Waals surface area contributed by atoms with Crippen LogP contribution in [0.3, 0.4) is 0 Å². The van der Waals surface area contributed by atoms with Gasteiger partial charge in [-0.3, -0.25) is 9.78 Å². The summed E-state index contributed by atoms with van der Waals surface area (Å²) >= 11 is 0. The van der Waals surface area contributed by atoms with Gasteiger partial charge in [0.25, 0.3) is 0 Å². The first-order valence-corrected chi connectivity index (χ1v) is 8.17. The van der Waals surface area contributed by atoms with Gasteiger partial charge >= 0.3 is 0 Å². The number of benzene rings is 2. The number of Topliss-reactive ketones (excluding diaryl/α,β-unsaturated/α-hetero) is 1. The summed E-state index contributed by atoms with van der Waals surface area (Å²) < 4.78 is 0. The van der Waals surface area contributed by atoms with Gasteiger partial charge in [0.2, 0.25) is 0 Å². The molecule has 0 N–H and O–H groups in total. The lowest BCUT2D eigenvalue weighted by Gasteiger charge is -2.06. The van der Waals surface area contributed by atoms with Gasteiger partial charge in [0.1, 0.15) is 5.78 Å². The van der Waals surface area contributed by atoms with Crippen molar-refractivity contribution in [1.29, 1.82) is 5.26 Å². The van der Waals surface area contributed by atoms with Crippen LogP contribution in [0.15, 0.2) is 66.9 Å². The van der Waals surface area contributed by atoms with Gasteiger partial charge in [0.15, 0.2) is 0 Å². The second kappa shape index (κ2) is 7.55. The molecule has 0 radical (unpaired) electrons. The third-order valence-electron chi connectivity index (χ3n) is 4.04. The summed E-state index contributed by atoms with van der Waals surface area (Å²) in [6.45, 7) is 1.97. The minimum absolute atomic E-state index is 0.141. The van der Waals surface area contributed by atoms with Gasteiger partial charge in [-0.2, -0.15) is 5.26 Å². The first-order chi connectivity index (χ1) is 12.1. The molecule has 0 bridgehead atoms. The van der Waals surface area contributed by atoms with Gasteiger partial charge in [0.05, 0.1) is 11.6 Å². The van der Waals surface area contributed by atoms with Crippen molar-refractivity contribution in [2.75, 3.05) is 0 Å². The Balaban J connectivity index is 1.67. The first-order valence-electron chi connectivity index (χ1n) is 8.17. The lowest BCUT2D eigenvalue weighted by Crippen LogP contribution is -2.06. The molecule has 0 spiro atoms. The third kappa shape index (κ3) is 4.39. The van der Waals surface area contributed by atoms with Crippen molar-refractivity contribution in [2.24, 2.45) is 0 Å². The van der Waals surface area contributed by atoms with Gasteiger partial charge in [0, 0.05) is 24.7 Å². The minimum Gasteiger partial charge on any atom is -0.299 e. The molecule has 3 aromatic rings. The Hall–Kier alpha value is -3.25. The van der Waals surface area contributed by atoms with Crippen LogP contribution in [0.2, 0.25) is 0 Å². The van der Waals surface area contributed by atoms with Crippen molar-refractivity contribution in [1.82, 2.24) is 4.98 Å². The van der Waals surface area contributed by atoms with E-state index in [1.165, 1.54) is 0 Å². The molecule has 0 fully saturated rings. The topological polar surface area (TPSA) is 53.8 Å². The largest absolute Gasteiger partial charge is 0.299 e. The molecular formula is C22H18N2O. The van der Waals surface area contributed by atoms with Crippen LogP contribution < -0.4 is 0 Å². The molecule has 1 aromatic heterocycles. The normalized spacial score (nSPS) is 10.2. The van der Waals surface area contributed by atoms with Gasteiger partial charge in [-0.1, -0.05) is 36.4 Å². The molecule has 122 valence electrons. The van der Waals surface area contributed by atoms with Crippen LogP contribution in [0.4, 0.5) is 0 Å². The Morgan fingerprint density at radius 1 is 0.960 bits per heavy atom. The summed E-state index contributed by atoms with van der Waals surface area (Å²) in [5.41, 5.74) is 5.68. The van der Waals surface area contributed by atoms with Crippen LogP contribution in [0.5, 0.6) is 0 Å². The van der Waals surface area contributed by atoms with Gasteiger partial charge in [-0.25, -0.2) is 0 Å². The highest BCUT2D eigenvalue weighted by molar-refractivity contribution is 5.83. The monoisotopic (exact) mass is 326 g/mol. The summed E-state index contributed by atoms with van der Waals surface area (Å²) in [5.74, 6) is 0.141. The fourth-order valence-electron chi connectivity index (χ4n) is 2.81. The second-order valence-electron chi connectivity index (χ2n) is 6.09. The number of carbonyl (C=O) groups excluding carboxylic acids is 1. The van der Waals surface area contributed by atoms with E-state index in [1.807, 2.05) is 55.5 Å². The fourth-order valence-corrected chi connectivity index (χ4v) is 2.81. The lowest BCUT2D eigenvalue weighted by molar-refractivity contribution is -0.117. The van der Waals surface area contributed by atoms with E-state index in [-0.39, 0.29) is 5.78 Å². The number of hydrogen-bond acceptors (Lipinski definition) is 3. The average molecular weight is 326 g/mol. The van der Waals surface area contributed by atoms with E-state index in [4.69, 9.17) is 5.26 Å². The standard InChI is InChI=1S/C22H18N2O/c1-16-11-21(9-10-24-16)20-7-5-17(6-8-20)13-22(25)14-18-3-2-4-19(12-18)15-23/h2-12H,13-14H2,1H3. The Labute approximate surface area is 147 Å². The highest BCUT2D eigenvalue weighted by atomic mass is 16.1. The molecule has 0 saturated heterocycles. The maximum Gasteiger partial charge on any atom is 0.141 e. The van der Waals surface area contributed by atoms with E-state index in [9.17, 15) is 4.79 Å². The van der Waals surface area contributed by atoms with Crippen molar-refractivity contribution in [3.63, 3.8) is 0 Å². The Morgan fingerprint density at radius 3 is 2.44 bits per heavy atom. The van der Waals surface area contributed by atoms with Crippen LogP contribution in [-0.2, 0) is 17.6 Å². The van der Waals surface area contributed by atoms with E-state index >= 15 is 0 Å². The van der Waals surface area contributed by atoms with Crippen LogP contribution in [-0.4, -0.2) is 10.8 Å². The number of ketones is 1. The molecule has 0 unspecified atom stereocenters. The Kier molecular flexibility index (Phi) is 5.01. The SMILES string of the molecule is Cc1cc(-c2ccc(CC(=O)Cc3cccc(C#N)c3)cc2)ccn1. The number of aryl methyl sites for hydroxylation is 1. The zero-order valence-corrected chi connectivity index (χ0v) is 14.1. The van der Waals surface area contributed by atoms with Crippen molar-refractivity contribution in [2.45, 2.75) is 19.8 Å². The third-order valence-corrected chi connectivity index (χ3v) is 4.04. The summed E-state index contributed by atoms with van der Waals surface area (Å²) in [4.78, 5) is 16.5. The molecule has 0 aliphatic rings. The van der Waals surface area contributed by atoms with Crippen molar-refractivity contribution in [3.05, 3.63) is 89.2 Å². The minimum atomic E-state index is 0.141. The number of pyridine rings is 1. The summed E-state index contributed by atoms with van der Waals surface area (Å²) in [6.07, 6.45) is 2.55. The first kappa shape index (κ1) is 16.6. The number of rotatable bonds is 5. The van der Waals surface area contributed by atoms with Gasteiger partial charge < -0.3 is 0 Å². The number of hydrogen-bond donors (Lipinski definition) is 0. The molecule has 3 heteroatoms. The molecule has 1 heterocycles. The van der Waals surface area contributed by atoms with E-state index in [2.05, 4.69) is 11.1 Å². The van der Waals surface area contributed by atoms with Crippen molar-refractivity contribution >= 4 is 5.78 Å². The molecule has 0 saturated carbocycles. The second-order valence-corrected chi connectivity index (χ2v) is 6.09. The molecule has 0 amide bonds. The smallest absolute Gasteiger partial charge is 0.141 e. The Morgan fingerprint density at radius 2 is 1.72 bits per heavy atom. The number of aromatic nitrogens is 1. The predicted octanol–water partition coefficient (Wildman–Crippen LogP) is 4.28. The average Bonchev–Trinajstić information content (AvgIpc) is 2.62. The fraction of sp³-hybridized carbons (Fsp3) is 0.136. The quantitative estimate of drug-likeness (QED) is 0.703. The van der Waals surface area contributed by atoms with Crippen molar-refractivity contribution in [3.8, 4) is 17.2 Å². The van der Waals surface area contributed by atoms with E-state index in [0.29, 0.717) is 18.4 Å². The highest BCUT2D eigenvalue weighted by Gasteiger charge is 2.07. The van der Waals surface area contributed by atoms with Crippen molar-refractivity contribution < 1.29 is 4.79 Å².